The van der Waals surface area contributed by atoms with Crippen LogP contribution in [0.2, 0.25) is 5.02 Å². The Bertz CT molecular complexity index is 932. The van der Waals surface area contributed by atoms with Crippen LogP contribution in [0.5, 0.6) is 0 Å². The van der Waals surface area contributed by atoms with E-state index in [2.05, 4.69) is 4.98 Å². The number of imidazole rings is 1. The van der Waals surface area contributed by atoms with Crippen LogP contribution in [-0.4, -0.2) is 33.2 Å². The van der Waals surface area contributed by atoms with E-state index in [1.165, 1.54) is 9.47 Å². The molecule has 26 heavy (non-hydrogen) atoms. The average Bonchev–Trinajstić information content (AvgIpc) is 2.93. The monoisotopic (exact) mass is 395 g/mol. The molecule has 1 aromatic heterocycles. The van der Waals surface area contributed by atoms with Gasteiger partial charge in [0.15, 0.2) is 5.16 Å². The minimum absolute atomic E-state index is 0.0729. The van der Waals surface area contributed by atoms with Crippen LogP contribution in [-0.2, 0) is 17.9 Å². The minimum atomic E-state index is -2.61. The normalized spacial score (nSPS) is 11.3. The zero-order chi connectivity index (χ0) is 18.7. The molecule has 3 rings (SSSR count). The van der Waals surface area contributed by atoms with Crippen molar-refractivity contribution in [1.29, 1.82) is 0 Å². The molecule has 0 saturated carbocycles. The maximum Gasteiger partial charge on any atom is 0.291 e. The lowest BCUT2D eigenvalue weighted by Gasteiger charge is -2.19. The van der Waals surface area contributed by atoms with Crippen LogP contribution in [0, 0.1) is 0 Å². The molecule has 0 spiro atoms. The van der Waals surface area contributed by atoms with Crippen molar-refractivity contribution in [2.45, 2.75) is 24.0 Å². The van der Waals surface area contributed by atoms with Gasteiger partial charge in [-0.1, -0.05) is 41.9 Å². The Morgan fingerprint density at radius 2 is 1.92 bits per heavy atom. The summed E-state index contributed by atoms with van der Waals surface area (Å²) in [6.45, 7) is 0.263. The third-order valence-corrected chi connectivity index (χ3v) is 4.97. The van der Waals surface area contributed by atoms with Crippen LogP contribution in [0.15, 0.2) is 53.7 Å². The Morgan fingerprint density at radius 3 is 2.65 bits per heavy atom. The van der Waals surface area contributed by atoms with Crippen molar-refractivity contribution in [3.8, 4) is 0 Å². The number of thioether (sulfide) groups is 1. The average molecular weight is 396 g/mol. The minimum Gasteiger partial charge on any atom is -0.340 e. The maximum atomic E-state index is 12.9. The number of rotatable bonds is 6. The second-order valence-corrected chi connectivity index (χ2v) is 7.05. The molecule has 2 aromatic carbocycles. The van der Waals surface area contributed by atoms with Crippen LogP contribution in [0.4, 0.5) is 8.78 Å². The number of carbonyl (C=O) groups is 1. The maximum absolute atomic E-state index is 12.9. The van der Waals surface area contributed by atoms with Crippen LogP contribution < -0.4 is 0 Å². The van der Waals surface area contributed by atoms with Crippen molar-refractivity contribution < 1.29 is 13.6 Å². The number of amides is 1. The first-order valence-electron chi connectivity index (χ1n) is 7.83. The van der Waals surface area contributed by atoms with E-state index in [0.29, 0.717) is 34.4 Å². The van der Waals surface area contributed by atoms with Gasteiger partial charge in [0.25, 0.3) is 5.76 Å². The van der Waals surface area contributed by atoms with Crippen molar-refractivity contribution in [2.24, 2.45) is 0 Å². The molecule has 4 nitrogen and oxygen atoms in total. The van der Waals surface area contributed by atoms with Gasteiger partial charge in [-0.05, 0) is 35.5 Å². The Kier molecular flexibility index (Phi) is 5.78. The number of aromatic nitrogens is 2. The molecule has 0 fully saturated rings. The molecule has 0 aliphatic heterocycles. The van der Waals surface area contributed by atoms with Gasteiger partial charge in [-0.25, -0.2) is 4.98 Å². The van der Waals surface area contributed by atoms with Gasteiger partial charge in [0, 0.05) is 18.6 Å². The van der Waals surface area contributed by atoms with E-state index < -0.39 is 5.76 Å². The highest BCUT2D eigenvalue weighted by Gasteiger charge is 2.19. The van der Waals surface area contributed by atoms with Gasteiger partial charge >= 0.3 is 0 Å². The van der Waals surface area contributed by atoms with Crippen molar-refractivity contribution in [3.05, 3.63) is 59.1 Å². The van der Waals surface area contributed by atoms with E-state index in [9.17, 15) is 13.6 Å². The highest BCUT2D eigenvalue weighted by Crippen LogP contribution is 2.28. The summed E-state index contributed by atoms with van der Waals surface area (Å²) < 4.78 is 27.2. The molecule has 0 aliphatic rings. The summed E-state index contributed by atoms with van der Waals surface area (Å²) in [4.78, 5) is 18.4. The molecule has 3 aromatic rings. The second kappa shape index (κ2) is 8.05. The fourth-order valence-corrected chi connectivity index (χ4v) is 3.40. The molecular formula is C18H16ClF2N3OS. The summed E-state index contributed by atoms with van der Waals surface area (Å²) in [7, 11) is 1.66. The number of hydrogen-bond acceptors (Lipinski definition) is 3. The first-order valence-corrected chi connectivity index (χ1v) is 9.09. The van der Waals surface area contributed by atoms with Crippen LogP contribution >= 0.6 is 23.4 Å². The van der Waals surface area contributed by atoms with Crippen LogP contribution in [0.1, 0.15) is 5.56 Å². The lowest BCUT2D eigenvalue weighted by atomic mass is 10.2. The molecule has 1 amide bonds. The summed E-state index contributed by atoms with van der Waals surface area (Å²) in [5.41, 5.74) is 2.05. The Morgan fingerprint density at radius 1 is 1.23 bits per heavy atom. The standard InChI is InChI=1S/C18H16ClF2N3OS/c1-23(10-12-6-2-3-7-13(12)19)16(25)11-24-15-9-5-4-8-14(15)22-18(24)26-17(20)21/h2-9,17H,10-11H2,1H3. The molecule has 0 saturated heterocycles. The zero-order valence-electron chi connectivity index (χ0n) is 13.9. The van der Waals surface area contributed by atoms with E-state index >= 15 is 0 Å². The van der Waals surface area contributed by atoms with Gasteiger partial charge in [0.1, 0.15) is 6.54 Å². The molecule has 0 radical (unpaired) electrons. The number of carbonyl (C=O) groups excluding carboxylic acids is 1. The molecule has 0 unspecified atom stereocenters. The van der Waals surface area contributed by atoms with E-state index in [1.54, 1.807) is 37.4 Å². The molecule has 8 heteroatoms. The fraction of sp³-hybridized carbons (Fsp3) is 0.222. The SMILES string of the molecule is CN(Cc1ccccc1Cl)C(=O)Cn1c(SC(F)F)nc2ccccc21. The van der Waals surface area contributed by atoms with Gasteiger partial charge in [-0.15, -0.1) is 0 Å². The number of para-hydroxylation sites is 2. The Labute approximate surface area is 158 Å². The number of halogens is 3. The van der Waals surface area contributed by atoms with Crippen LogP contribution in [0.3, 0.4) is 0 Å². The van der Waals surface area contributed by atoms with Gasteiger partial charge in [0.2, 0.25) is 5.91 Å². The molecule has 0 aliphatic carbocycles. The second-order valence-electron chi connectivity index (χ2n) is 5.69. The molecule has 0 bridgehead atoms. The third-order valence-electron chi connectivity index (χ3n) is 3.90. The number of likely N-dealkylation sites (N-methyl/N-ethyl adjacent to an activating group) is 1. The van der Waals surface area contributed by atoms with E-state index in [1.807, 2.05) is 18.2 Å². The fourth-order valence-electron chi connectivity index (χ4n) is 2.60. The predicted molar refractivity (Wildman–Crippen MR) is 99.5 cm³/mol. The van der Waals surface area contributed by atoms with Crippen molar-refractivity contribution in [3.63, 3.8) is 0 Å². The predicted octanol–water partition coefficient (Wildman–Crippen LogP) is 4.66. The summed E-state index contributed by atoms with van der Waals surface area (Å²) in [6.07, 6.45) is 0. The van der Waals surface area contributed by atoms with Gasteiger partial charge < -0.3 is 9.47 Å². The lowest BCUT2D eigenvalue weighted by molar-refractivity contribution is -0.131. The Balaban J connectivity index is 1.83. The van der Waals surface area contributed by atoms with Crippen molar-refractivity contribution in [1.82, 2.24) is 14.5 Å². The smallest absolute Gasteiger partial charge is 0.291 e. The first-order chi connectivity index (χ1) is 12.5. The molecule has 0 N–H and O–H groups in total. The highest BCUT2D eigenvalue weighted by atomic mass is 35.5. The van der Waals surface area contributed by atoms with E-state index in [0.717, 1.165) is 5.56 Å². The number of hydrogen-bond donors (Lipinski definition) is 0. The lowest BCUT2D eigenvalue weighted by Crippen LogP contribution is -2.30. The number of benzene rings is 2. The summed E-state index contributed by atoms with van der Waals surface area (Å²) in [6, 6.07) is 14.3. The summed E-state index contributed by atoms with van der Waals surface area (Å²) >= 11 is 6.47. The molecular weight excluding hydrogens is 380 g/mol. The first kappa shape index (κ1) is 18.7. The van der Waals surface area contributed by atoms with Crippen molar-refractivity contribution >= 4 is 40.3 Å². The Hall–Kier alpha value is -2.12. The largest absolute Gasteiger partial charge is 0.340 e. The van der Waals surface area contributed by atoms with E-state index in [4.69, 9.17) is 11.6 Å². The molecule has 136 valence electrons. The van der Waals surface area contributed by atoms with Gasteiger partial charge in [-0.2, -0.15) is 8.78 Å². The number of alkyl halides is 2. The number of fused-ring (bicyclic) bond motifs is 1. The van der Waals surface area contributed by atoms with Crippen molar-refractivity contribution in [2.75, 3.05) is 7.05 Å². The summed E-state index contributed by atoms with van der Waals surface area (Å²) in [5.74, 6) is -2.83. The topological polar surface area (TPSA) is 38.1 Å². The highest BCUT2D eigenvalue weighted by molar-refractivity contribution is 7.99. The van der Waals surface area contributed by atoms with Gasteiger partial charge in [0.05, 0.1) is 11.0 Å². The quantitative estimate of drug-likeness (QED) is 0.569. The molecule has 0 atom stereocenters. The molecule has 1 heterocycles. The third kappa shape index (κ3) is 4.16. The zero-order valence-corrected chi connectivity index (χ0v) is 15.5. The summed E-state index contributed by atoms with van der Waals surface area (Å²) in [5, 5.41) is 0.704. The van der Waals surface area contributed by atoms with Crippen LogP contribution in [0.25, 0.3) is 11.0 Å². The number of nitrogens with zero attached hydrogens (tertiary/aromatic N) is 3. The van der Waals surface area contributed by atoms with E-state index in [-0.39, 0.29) is 17.6 Å². The van der Waals surface area contributed by atoms with Gasteiger partial charge in [-0.3, -0.25) is 4.79 Å².